The Kier molecular flexibility index (Phi) is 2.65. The van der Waals surface area contributed by atoms with Gasteiger partial charge in [0.1, 0.15) is 11.2 Å². The molecule has 4 bridgehead atoms. The summed E-state index contributed by atoms with van der Waals surface area (Å²) >= 11 is 0. The van der Waals surface area contributed by atoms with Crippen LogP contribution in [-0.2, 0) is 5.41 Å². The zero-order valence-electron chi connectivity index (χ0n) is 14.8. The van der Waals surface area contributed by atoms with Gasteiger partial charge < -0.3 is 4.42 Å². The van der Waals surface area contributed by atoms with Crippen molar-refractivity contribution in [2.75, 3.05) is 33.1 Å². The lowest BCUT2D eigenvalue weighted by Gasteiger charge is -2.64. The molecule has 0 spiro atoms. The van der Waals surface area contributed by atoms with Crippen molar-refractivity contribution in [2.45, 2.75) is 25.3 Å². The minimum atomic E-state index is 0.131. The summed E-state index contributed by atoms with van der Waals surface area (Å²) in [6.07, 6.45) is 0. The quantitative estimate of drug-likeness (QED) is 0.681. The summed E-state index contributed by atoms with van der Waals surface area (Å²) < 4.78 is 6.45. The van der Waals surface area contributed by atoms with Gasteiger partial charge in [-0.1, -0.05) is 30.3 Å². The van der Waals surface area contributed by atoms with Gasteiger partial charge >= 0.3 is 0 Å². The lowest BCUT2D eigenvalue weighted by molar-refractivity contribution is -0.172. The Morgan fingerprint density at radius 1 is 0.960 bits per heavy atom. The van der Waals surface area contributed by atoms with Crippen molar-refractivity contribution >= 4 is 21.9 Å². The molecule has 0 N–H and O–H groups in total. The van der Waals surface area contributed by atoms with Gasteiger partial charge in [-0.05, 0) is 25.5 Å². The smallest absolute Gasteiger partial charge is 0.139 e. The van der Waals surface area contributed by atoms with Crippen molar-refractivity contribution in [3.05, 3.63) is 47.5 Å². The molecule has 5 heterocycles. The minimum Gasteiger partial charge on any atom is -0.456 e. The van der Waals surface area contributed by atoms with Crippen LogP contribution in [0.3, 0.4) is 0 Å². The maximum absolute atomic E-state index is 6.45. The van der Waals surface area contributed by atoms with Crippen LogP contribution in [-0.4, -0.2) is 53.8 Å². The number of hydrogen-bond donors (Lipinski definition) is 0. The molecule has 4 aliphatic heterocycles. The van der Waals surface area contributed by atoms with Crippen LogP contribution in [0.4, 0.5) is 0 Å². The SMILES string of the molecule is Cc1ccc2c(oc3ccccc32)c1C12CN3CN(CN(C3)[C@@H]1C)C2. The number of para-hydroxylation sites is 1. The molecule has 4 nitrogen and oxygen atoms in total. The standard InChI is InChI=1S/C21H23N3O/c1-14-7-8-17-16-5-3-4-6-18(16)25-20(17)19(14)21-9-22-11-23(10-21)13-24(12-22)15(21)2/h3-8,15H,9-13H2,1-2H3/t15-/m1/s1. The number of furan rings is 1. The predicted octanol–water partition coefficient (Wildman–Crippen LogP) is 3.34. The van der Waals surface area contributed by atoms with Gasteiger partial charge in [-0.2, -0.15) is 0 Å². The third-order valence-corrected chi connectivity index (χ3v) is 6.78. The van der Waals surface area contributed by atoms with E-state index in [0.29, 0.717) is 6.04 Å². The molecule has 0 aliphatic carbocycles. The molecule has 2 aromatic carbocycles. The molecule has 4 aliphatic rings. The first-order chi connectivity index (χ1) is 12.2. The maximum atomic E-state index is 6.45. The molecule has 25 heavy (non-hydrogen) atoms. The summed E-state index contributed by atoms with van der Waals surface area (Å²) in [4.78, 5) is 7.80. The summed E-state index contributed by atoms with van der Waals surface area (Å²) in [6.45, 7) is 10.3. The second kappa shape index (κ2) is 4.64. The van der Waals surface area contributed by atoms with E-state index in [2.05, 4.69) is 64.9 Å². The van der Waals surface area contributed by atoms with Crippen LogP contribution in [0.2, 0.25) is 0 Å². The fraction of sp³-hybridized carbons (Fsp3) is 0.429. The van der Waals surface area contributed by atoms with Crippen molar-refractivity contribution in [1.82, 2.24) is 14.7 Å². The number of nitrogens with zero attached hydrogens (tertiary/aromatic N) is 3. The first-order valence-electron chi connectivity index (χ1n) is 9.26. The molecular weight excluding hydrogens is 310 g/mol. The molecule has 0 amide bonds. The van der Waals surface area contributed by atoms with Crippen LogP contribution in [0.1, 0.15) is 18.1 Å². The third-order valence-electron chi connectivity index (χ3n) is 6.78. The highest BCUT2D eigenvalue weighted by Crippen LogP contribution is 2.47. The van der Waals surface area contributed by atoms with Crippen molar-refractivity contribution in [3.63, 3.8) is 0 Å². The zero-order chi connectivity index (χ0) is 16.8. The Labute approximate surface area is 147 Å². The van der Waals surface area contributed by atoms with Gasteiger partial charge in [0.2, 0.25) is 0 Å². The topological polar surface area (TPSA) is 22.9 Å². The molecule has 1 aromatic heterocycles. The highest BCUT2D eigenvalue weighted by atomic mass is 16.3. The second-order valence-electron chi connectivity index (χ2n) is 8.24. The molecular formula is C21H23N3O. The van der Waals surface area contributed by atoms with Crippen LogP contribution in [0.25, 0.3) is 21.9 Å². The van der Waals surface area contributed by atoms with Gasteiger partial charge in [0.25, 0.3) is 0 Å². The van der Waals surface area contributed by atoms with Crippen molar-refractivity contribution < 1.29 is 4.42 Å². The zero-order valence-corrected chi connectivity index (χ0v) is 14.8. The predicted molar refractivity (Wildman–Crippen MR) is 99.4 cm³/mol. The lowest BCUT2D eigenvalue weighted by Crippen LogP contribution is -2.77. The van der Waals surface area contributed by atoms with Crippen LogP contribution in [0.15, 0.2) is 40.8 Å². The average molecular weight is 333 g/mol. The van der Waals surface area contributed by atoms with E-state index in [1.165, 1.54) is 21.9 Å². The van der Waals surface area contributed by atoms with E-state index < -0.39 is 0 Å². The van der Waals surface area contributed by atoms with E-state index in [0.717, 1.165) is 44.3 Å². The van der Waals surface area contributed by atoms with E-state index in [1.807, 2.05) is 0 Å². The van der Waals surface area contributed by atoms with Crippen molar-refractivity contribution in [1.29, 1.82) is 0 Å². The third kappa shape index (κ3) is 1.72. The van der Waals surface area contributed by atoms with Crippen LogP contribution in [0, 0.1) is 6.92 Å². The van der Waals surface area contributed by atoms with Gasteiger partial charge in [0.05, 0.1) is 20.0 Å². The minimum absolute atomic E-state index is 0.131. The van der Waals surface area contributed by atoms with E-state index in [9.17, 15) is 0 Å². The Morgan fingerprint density at radius 2 is 1.72 bits per heavy atom. The number of fused-ring (bicyclic) bond motifs is 3. The number of aryl methyl sites for hydroxylation is 1. The highest BCUT2D eigenvalue weighted by molar-refractivity contribution is 6.06. The van der Waals surface area contributed by atoms with Gasteiger partial charge in [-0.3, -0.25) is 14.7 Å². The normalized spacial score (nSPS) is 36.6. The second-order valence-corrected chi connectivity index (χ2v) is 8.24. The number of rotatable bonds is 1. The fourth-order valence-corrected chi connectivity index (χ4v) is 5.71. The summed E-state index contributed by atoms with van der Waals surface area (Å²) in [5.41, 5.74) is 5.05. The molecule has 4 heteroatoms. The Bertz CT molecular complexity index is 993. The summed E-state index contributed by atoms with van der Waals surface area (Å²) in [6, 6.07) is 13.5. The first-order valence-corrected chi connectivity index (χ1v) is 9.26. The van der Waals surface area contributed by atoms with Crippen LogP contribution >= 0.6 is 0 Å². The molecule has 4 saturated heterocycles. The van der Waals surface area contributed by atoms with Crippen LogP contribution < -0.4 is 0 Å². The van der Waals surface area contributed by atoms with Gasteiger partial charge in [-0.25, -0.2) is 0 Å². The van der Waals surface area contributed by atoms with Gasteiger partial charge in [0.15, 0.2) is 0 Å². The Morgan fingerprint density at radius 3 is 2.52 bits per heavy atom. The highest BCUT2D eigenvalue weighted by Gasteiger charge is 2.55. The van der Waals surface area contributed by atoms with E-state index in [4.69, 9.17) is 4.42 Å². The summed E-state index contributed by atoms with van der Waals surface area (Å²) in [5.74, 6) is 0. The monoisotopic (exact) mass is 333 g/mol. The molecule has 3 atom stereocenters. The lowest BCUT2D eigenvalue weighted by atomic mass is 9.68. The van der Waals surface area contributed by atoms with Crippen molar-refractivity contribution in [3.8, 4) is 0 Å². The number of hydrogen-bond acceptors (Lipinski definition) is 4. The fourth-order valence-electron chi connectivity index (χ4n) is 5.71. The summed E-state index contributed by atoms with van der Waals surface area (Å²) in [5, 5.41) is 2.50. The summed E-state index contributed by atoms with van der Waals surface area (Å²) in [7, 11) is 0. The molecule has 7 rings (SSSR count). The largest absolute Gasteiger partial charge is 0.456 e. The van der Waals surface area contributed by atoms with Crippen LogP contribution in [0.5, 0.6) is 0 Å². The van der Waals surface area contributed by atoms with E-state index >= 15 is 0 Å². The van der Waals surface area contributed by atoms with E-state index in [-0.39, 0.29) is 5.41 Å². The Balaban J connectivity index is 1.67. The maximum Gasteiger partial charge on any atom is 0.139 e. The molecule has 4 fully saturated rings. The molecule has 128 valence electrons. The molecule has 3 aromatic rings. The van der Waals surface area contributed by atoms with Gasteiger partial charge in [-0.15, -0.1) is 0 Å². The molecule has 2 unspecified atom stereocenters. The van der Waals surface area contributed by atoms with Crippen molar-refractivity contribution in [2.24, 2.45) is 0 Å². The molecule has 0 radical (unpaired) electrons. The first kappa shape index (κ1) is 14.3. The average Bonchev–Trinajstić information content (AvgIpc) is 2.97. The number of benzene rings is 2. The molecule has 0 saturated carbocycles. The Hall–Kier alpha value is -1.88. The van der Waals surface area contributed by atoms with E-state index in [1.54, 1.807) is 0 Å². The van der Waals surface area contributed by atoms with Gasteiger partial charge in [0, 0.05) is 40.9 Å².